The molecule has 0 aromatic heterocycles. The van der Waals surface area contributed by atoms with E-state index in [0.717, 1.165) is 29.5 Å². The summed E-state index contributed by atoms with van der Waals surface area (Å²) in [6.07, 6.45) is 1.82. The summed E-state index contributed by atoms with van der Waals surface area (Å²) in [6.45, 7) is 2.08. The smallest absolute Gasteiger partial charge is 0.123 e. The minimum absolute atomic E-state index is 0.264. The van der Waals surface area contributed by atoms with Crippen molar-refractivity contribution in [2.45, 2.75) is 19.8 Å². The van der Waals surface area contributed by atoms with Crippen LogP contribution in [0.5, 0.6) is 11.5 Å². The van der Waals surface area contributed by atoms with E-state index in [0.29, 0.717) is 5.75 Å². The van der Waals surface area contributed by atoms with E-state index in [4.69, 9.17) is 0 Å². The van der Waals surface area contributed by atoms with Crippen LogP contribution in [0.15, 0.2) is 42.5 Å². The molecule has 88 valence electrons. The summed E-state index contributed by atoms with van der Waals surface area (Å²) in [5.74, 6) is 0.589. The van der Waals surface area contributed by atoms with Crippen molar-refractivity contribution in [3.63, 3.8) is 0 Å². The number of aromatic hydroxyl groups is 2. The van der Waals surface area contributed by atoms with Crippen LogP contribution >= 0.6 is 0 Å². The van der Waals surface area contributed by atoms with Crippen LogP contribution in [0.25, 0.3) is 11.1 Å². The molecule has 17 heavy (non-hydrogen) atoms. The summed E-state index contributed by atoms with van der Waals surface area (Å²) in [5, 5.41) is 19.5. The molecule has 0 aliphatic rings. The van der Waals surface area contributed by atoms with Crippen molar-refractivity contribution in [1.82, 2.24) is 0 Å². The lowest BCUT2D eigenvalue weighted by atomic mass is 9.99. The second kappa shape index (κ2) is 4.91. The molecule has 2 heteroatoms. The van der Waals surface area contributed by atoms with Gasteiger partial charge in [-0.1, -0.05) is 37.6 Å². The quantitative estimate of drug-likeness (QED) is 0.840. The van der Waals surface area contributed by atoms with Crippen LogP contribution in [-0.4, -0.2) is 10.2 Å². The van der Waals surface area contributed by atoms with Gasteiger partial charge in [-0.2, -0.15) is 0 Å². The summed E-state index contributed by atoms with van der Waals surface area (Å²) in [4.78, 5) is 0. The van der Waals surface area contributed by atoms with Gasteiger partial charge in [0.2, 0.25) is 0 Å². The van der Waals surface area contributed by atoms with Crippen molar-refractivity contribution >= 4 is 0 Å². The SMILES string of the molecule is CCCc1cc(-c2ccccc2O)ccc1O. The summed E-state index contributed by atoms with van der Waals surface area (Å²) in [5.41, 5.74) is 2.66. The molecule has 2 N–H and O–H groups in total. The molecule has 2 aromatic rings. The van der Waals surface area contributed by atoms with E-state index in [1.807, 2.05) is 24.3 Å². The Kier molecular flexibility index (Phi) is 3.33. The maximum Gasteiger partial charge on any atom is 0.123 e. The van der Waals surface area contributed by atoms with Gasteiger partial charge in [0, 0.05) is 5.56 Å². The Hall–Kier alpha value is -1.96. The second-order valence-corrected chi connectivity index (χ2v) is 4.11. The zero-order chi connectivity index (χ0) is 12.3. The largest absolute Gasteiger partial charge is 0.508 e. The lowest BCUT2D eigenvalue weighted by Crippen LogP contribution is -1.86. The number of phenolic OH excluding ortho intramolecular Hbond substituents is 2. The fraction of sp³-hybridized carbons (Fsp3) is 0.200. The Morgan fingerprint density at radius 1 is 0.941 bits per heavy atom. The van der Waals surface area contributed by atoms with Gasteiger partial charge in [0.25, 0.3) is 0 Å². The molecular formula is C15H16O2. The highest BCUT2D eigenvalue weighted by Gasteiger charge is 2.06. The molecule has 0 amide bonds. The maximum absolute atomic E-state index is 9.79. The molecule has 2 nitrogen and oxygen atoms in total. The average molecular weight is 228 g/mol. The molecular weight excluding hydrogens is 212 g/mol. The number of hydrogen-bond acceptors (Lipinski definition) is 2. The Balaban J connectivity index is 2.46. The van der Waals surface area contributed by atoms with Gasteiger partial charge in [-0.15, -0.1) is 0 Å². The molecule has 0 bridgehead atoms. The van der Waals surface area contributed by atoms with Gasteiger partial charge < -0.3 is 10.2 Å². The number of aryl methyl sites for hydroxylation is 1. The van der Waals surface area contributed by atoms with Crippen LogP contribution in [0.4, 0.5) is 0 Å². The van der Waals surface area contributed by atoms with E-state index in [9.17, 15) is 10.2 Å². The number of hydrogen-bond donors (Lipinski definition) is 2. The van der Waals surface area contributed by atoms with E-state index in [2.05, 4.69) is 6.92 Å². The minimum atomic E-state index is 0.264. The fourth-order valence-electron chi connectivity index (χ4n) is 1.94. The summed E-state index contributed by atoms with van der Waals surface area (Å²) < 4.78 is 0. The molecule has 0 heterocycles. The normalized spacial score (nSPS) is 10.4. The maximum atomic E-state index is 9.79. The van der Waals surface area contributed by atoms with Crippen molar-refractivity contribution in [2.75, 3.05) is 0 Å². The third-order valence-corrected chi connectivity index (χ3v) is 2.81. The van der Waals surface area contributed by atoms with Crippen LogP contribution < -0.4 is 0 Å². The summed E-state index contributed by atoms with van der Waals surface area (Å²) in [7, 11) is 0. The van der Waals surface area contributed by atoms with Gasteiger partial charge in [-0.3, -0.25) is 0 Å². The molecule has 0 unspecified atom stereocenters. The van der Waals surface area contributed by atoms with Crippen LogP contribution in [-0.2, 0) is 6.42 Å². The van der Waals surface area contributed by atoms with Crippen molar-refractivity contribution in [1.29, 1.82) is 0 Å². The van der Waals surface area contributed by atoms with E-state index >= 15 is 0 Å². The predicted molar refractivity (Wildman–Crippen MR) is 69.2 cm³/mol. The van der Waals surface area contributed by atoms with Crippen LogP contribution in [0, 0.1) is 0 Å². The highest BCUT2D eigenvalue weighted by atomic mass is 16.3. The third kappa shape index (κ3) is 2.41. The lowest BCUT2D eigenvalue weighted by Gasteiger charge is -2.08. The van der Waals surface area contributed by atoms with Crippen molar-refractivity contribution < 1.29 is 10.2 Å². The highest BCUT2D eigenvalue weighted by Crippen LogP contribution is 2.32. The zero-order valence-corrected chi connectivity index (χ0v) is 9.85. The van der Waals surface area contributed by atoms with Crippen LogP contribution in [0.3, 0.4) is 0 Å². The van der Waals surface area contributed by atoms with Gasteiger partial charge in [0.1, 0.15) is 11.5 Å². The molecule has 0 spiro atoms. The van der Waals surface area contributed by atoms with Crippen molar-refractivity contribution in [3.05, 3.63) is 48.0 Å². The first-order valence-corrected chi connectivity index (χ1v) is 5.82. The number of benzene rings is 2. The Morgan fingerprint density at radius 2 is 1.71 bits per heavy atom. The van der Waals surface area contributed by atoms with Gasteiger partial charge in [-0.25, -0.2) is 0 Å². The average Bonchev–Trinajstić information content (AvgIpc) is 2.33. The van der Waals surface area contributed by atoms with Gasteiger partial charge in [0.05, 0.1) is 0 Å². The molecule has 0 saturated heterocycles. The van der Waals surface area contributed by atoms with Crippen molar-refractivity contribution in [2.24, 2.45) is 0 Å². The topological polar surface area (TPSA) is 40.5 Å². The second-order valence-electron chi connectivity index (χ2n) is 4.11. The van der Waals surface area contributed by atoms with Crippen molar-refractivity contribution in [3.8, 4) is 22.6 Å². The summed E-state index contributed by atoms with van der Waals surface area (Å²) >= 11 is 0. The fourth-order valence-corrected chi connectivity index (χ4v) is 1.94. The van der Waals surface area contributed by atoms with Gasteiger partial charge in [0.15, 0.2) is 0 Å². The number of para-hydroxylation sites is 1. The molecule has 2 aromatic carbocycles. The predicted octanol–water partition coefficient (Wildman–Crippen LogP) is 3.72. The minimum Gasteiger partial charge on any atom is -0.508 e. The standard InChI is InChI=1S/C15H16O2/c1-2-5-12-10-11(8-9-14(12)16)13-6-3-4-7-15(13)17/h3-4,6-10,16-17H,2,5H2,1H3. The van der Waals surface area contributed by atoms with E-state index in [1.165, 1.54) is 0 Å². The Morgan fingerprint density at radius 3 is 2.41 bits per heavy atom. The first-order chi connectivity index (χ1) is 8.22. The molecule has 0 radical (unpaired) electrons. The lowest BCUT2D eigenvalue weighted by molar-refractivity contribution is 0.467. The first-order valence-electron chi connectivity index (χ1n) is 5.82. The molecule has 0 fully saturated rings. The first kappa shape index (κ1) is 11.5. The number of phenols is 2. The molecule has 0 atom stereocenters. The van der Waals surface area contributed by atoms with E-state index < -0.39 is 0 Å². The van der Waals surface area contributed by atoms with Gasteiger partial charge in [-0.05, 0) is 35.7 Å². The number of rotatable bonds is 3. The zero-order valence-electron chi connectivity index (χ0n) is 9.85. The van der Waals surface area contributed by atoms with Gasteiger partial charge >= 0.3 is 0 Å². The molecule has 0 aliphatic carbocycles. The van der Waals surface area contributed by atoms with Crippen LogP contribution in [0.1, 0.15) is 18.9 Å². The highest BCUT2D eigenvalue weighted by molar-refractivity contribution is 5.71. The van der Waals surface area contributed by atoms with Crippen LogP contribution in [0.2, 0.25) is 0 Å². The van der Waals surface area contributed by atoms with E-state index in [1.54, 1.807) is 18.2 Å². The molecule has 0 saturated carbocycles. The molecule has 0 aliphatic heterocycles. The molecule has 2 rings (SSSR count). The Bertz CT molecular complexity index is 518. The Labute approximate surface area is 101 Å². The third-order valence-electron chi connectivity index (χ3n) is 2.81. The summed E-state index contributed by atoms with van der Waals surface area (Å²) in [6, 6.07) is 12.7. The van der Waals surface area contributed by atoms with E-state index in [-0.39, 0.29) is 5.75 Å². The monoisotopic (exact) mass is 228 g/mol.